The number of hydrogen-bond donors (Lipinski definition) is 0. The van der Waals surface area contributed by atoms with Gasteiger partial charge in [-0.3, -0.25) is 10.1 Å². The Morgan fingerprint density at radius 3 is 2.32 bits per heavy atom. The third-order valence-corrected chi connectivity index (χ3v) is 2.43. The zero-order valence-corrected chi connectivity index (χ0v) is 10.9. The predicted molar refractivity (Wildman–Crippen MR) is 64.5 cm³/mol. The number of nitrogens with zero attached hydrogens (tertiary/aromatic N) is 2. The standard InChI is InChI=1S/C13H13N2O3.ClH/c16-15(17)13-6-4-12(5-7-13)10-18-11-14-8-2-1-3-9-14;/h1-9H,10-11H2;1H/q+1;/p-1. The quantitative estimate of drug-likeness (QED) is 0.404. The summed E-state index contributed by atoms with van der Waals surface area (Å²) in [6.07, 6.45) is 3.83. The molecule has 0 atom stereocenters. The first kappa shape index (κ1) is 15.1. The maximum atomic E-state index is 10.5. The molecule has 2 rings (SSSR count). The highest BCUT2D eigenvalue weighted by Gasteiger charge is 2.04. The van der Waals surface area contributed by atoms with Gasteiger partial charge < -0.3 is 17.1 Å². The first-order valence-electron chi connectivity index (χ1n) is 5.51. The maximum absolute atomic E-state index is 10.5. The van der Waals surface area contributed by atoms with Crippen LogP contribution in [0.3, 0.4) is 0 Å². The number of benzene rings is 1. The molecule has 1 aromatic carbocycles. The van der Waals surface area contributed by atoms with Gasteiger partial charge in [0, 0.05) is 24.3 Å². The summed E-state index contributed by atoms with van der Waals surface area (Å²) in [5.74, 6) is 0. The Labute approximate surface area is 117 Å². The van der Waals surface area contributed by atoms with E-state index in [1.807, 2.05) is 35.2 Å². The van der Waals surface area contributed by atoms with E-state index in [4.69, 9.17) is 4.74 Å². The number of non-ortho nitro benzene ring substituents is 1. The molecule has 5 nitrogen and oxygen atoms in total. The topological polar surface area (TPSA) is 56.3 Å². The van der Waals surface area contributed by atoms with Crippen LogP contribution in [-0.4, -0.2) is 4.92 Å². The molecule has 0 aliphatic heterocycles. The highest BCUT2D eigenvalue weighted by molar-refractivity contribution is 5.32. The van der Waals surface area contributed by atoms with E-state index in [9.17, 15) is 10.1 Å². The summed E-state index contributed by atoms with van der Waals surface area (Å²) in [6.45, 7) is 0.887. The monoisotopic (exact) mass is 280 g/mol. The van der Waals surface area contributed by atoms with Crippen molar-refractivity contribution in [2.24, 2.45) is 0 Å². The van der Waals surface area contributed by atoms with Crippen LogP contribution in [0, 0.1) is 10.1 Å². The van der Waals surface area contributed by atoms with Crippen LogP contribution < -0.4 is 17.0 Å². The largest absolute Gasteiger partial charge is 1.00 e. The van der Waals surface area contributed by atoms with E-state index >= 15 is 0 Å². The third kappa shape index (κ3) is 4.65. The molecule has 19 heavy (non-hydrogen) atoms. The van der Waals surface area contributed by atoms with E-state index in [0.717, 1.165) is 5.56 Å². The van der Waals surface area contributed by atoms with Crippen molar-refractivity contribution in [3.63, 3.8) is 0 Å². The van der Waals surface area contributed by atoms with Gasteiger partial charge in [-0.15, -0.1) is 0 Å². The molecule has 1 heterocycles. The Hall–Kier alpha value is -1.98. The molecule has 0 saturated carbocycles. The normalized spacial score (nSPS) is 9.68. The fourth-order valence-corrected chi connectivity index (χ4v) is 1.50. The lowest BCUT2D eigenvalue weighted by molar-refractivity contribution is -0.733. The number of halogens is 1. The zero-order chi connectivity index (χ0) is 12.8. The van der Waals surface area contributed by atoms with Gasteiger partial charge >= 0.3 is 0 Å². The number of ether oxygens (including phenoxy) is 1. The predicted octanol–water partition coefficient (Wildman–Crippen LogP) is -0.939. The molecule has 0 fully saturated rings. The summed E-state index contributed by atoms with van der Waals surface area (Å²) in [7, 11) is 0. The molecule has 0 radical (unpaired) electrons. The van der Waals surface area contributed by atoms with Crippen molar-refractivity contribution in [2.45, 2.75) is 13.3 Å². The minimum absolute atomic E-state index is 0. The number of nitro groups is 1. The Morgan fingerprint density at radius 1 is 1.11 bits per heavy atom. The van der Waals surface area contributed by atoms with Crippen molar-refractivity contribution in [1.29, 1.82) is 0 Å². The van der Waals surface area contributed by atoms with E-state index in [-0.39, 0.29) is 18.1 Å². The average Bonchev–Trinajstić information content (AvgIpc) is 2.40. The Balaban J connectivity index is 0.00000180. The van der Waals surface area contributed by atoms with Crippen LogP contribution in [0.1, 0.15) is 5.56 Å². The maximum Gasteiger partial charge on any atom is 0.269 e. The van der Waals surface area contributed by atoms with Crippen molar-refractivity contribution in [1.82, 2.24) is 0 Å². The highest BCUT2D eigenvalue weighted by atomic mass is 35.5. The molecule has 0 amide bonds. The fourth-order valence-electron chi connectivity index (χ4n) is 1.50. The van der Waals surface area contributed by atoms with Gasteiger partial charge in [0.25, 0.3) is 12.4 Å². The van der Waals surface area contributed by atoms with Crippen LogP contribution >= 0.6 is 0 Å². The number of rotatable bonds is 5. The molecule has 0 aliphatic rings. The van der Waals surface area contributed by atoms with E-state index < -0.39 is 4.92 Å². The van der Waals surface area contributed by atoms with Gasteiger partial charge in [-0.05, 0) is 17.7 Å². The molecule has 0 bridgehead atoms. The van der Waals surface area contributed by atoms with Gasteiger partial charge in [0.15, 0.2) is 12.4 Å². The third-order valence-electron chi connectivity index (χ3n) is 2.43. The van der Waals surface area contributed by atoms with Crippen LogP contribution in [0.15, 0.2) is 54.9 Å². The van der Waals surface area contributed by atoms with Crippen molar-refractivity contribution in [3.05, 3.63) is 70.5 Å². The number of pyridine rings is 1. The molecule has 0 saturated heterocycles. The number of hydrogen-bond acceptors (Lipinski definition) is 3. The van der Waals surface area contributed by atoms with Crippen molar-refractivity contribution in [2.75, 3.05) is 0 Å². The number of aromatic nitrogens is 1. The lowest BCUT2D eigenvalue weighted by atomic mass is 10.2. The summed E-state index contributed by atoms with van der Waals surface area (Å²) in [4.78, 5) is 10.1. The second kappa shape index (κ2) is 7.45. The van der Waals surface area contributed by atoms with Gasteiger partial charge in [-0.25, -0.2) is 0 Å². The summed E-state index contributed by atoms with van der Waals surface area (Å²) in [5.41, 5.74) is 1.01. The van der Waals surface area contributed by atoms with E-state index in [1.54, 1.807) is 12.1 Å². The summed E-state index contributed by atoms with van der Waals surface area (Å²) in [5, 5.41) is 10.5. The van der Waals surface area contributed by atoms with Crippen LogP contribution in [0.25, 0.3) is 0 Å². The molecule has 0 N–H and O–H groups in total. The number of nitro benzene ring substituents is 1. The van der Waals surface area contributed by atoms with Crippen LogP contribution in [0.5, 0.6) is 0 Å². The SMILES string of the molecule is O=[N+]([O-])c1ccc(COC[n+]2ccccc2)cc1.[Cl-]. The van der Waals surface area contributed by atoms with Gasteiger partial charge in [-0.2, -0.15) is 4.57 Å². The molecule has 0 spiro atoms. The van der Waals surface area contributed by atoms with E-state index in [0.29, 0.717) is 13.3 Å². The first-order chi connectivity index (χ1) is 8.75. The second-order valence-corrected chi connectivity index (χ2v) is 3.79. The molecule has 0 unspecified atom stereocenters. The van der Waals surface area contributed by atoms with Crippen molar-refractivity contribution < 1.29 is 26.6 Å². The summed E-state index contributed by atoms with van der Waals surface area (Å²) < 4.78 is 7.41. The van der Waals surface area contributed by atoms with Gasteiger partial charge in [0.2, 0.25) is 0 Å². The second-order valence-electron chi connectivity index (χ2n) is 3.79. The van der Waals surface area contributed by atoms with Crippen molar-refractivity contribution >= 4 is 5.69 Å². The molecule has 1 aromatic heterocycles. The highest BCUT2D eigenvalue weighted by Crippen LogP contribution is 2.12. The fraction of sp³-hybridized carbons (Fsp3) is 0.154. The minimum Gasteiger partial charge on any atom is -1.00 e. The molecule has 100 valence electrons. The lowest BCUT2D eigenvalue weighted by Gasteiger charge is -2.01. The van der Waals surface area contributed by atoms with Crippen molar-refractivity contribution in [3.8, 4) is 0 Å². The Bertz CT molecular complexity index is 517. The first-order valence-corrected chi connectivity index (χ1v) is 5.51. The molecule has 2 aromatic rings. The minimum atomic E-state index is -0.412. The molecular weight excluding hydrogens is 268 g/mol. The van der Waals surface area contributed by atoms with Gasteiger partial charge in [0.05, 0.1) is 11.5 Å². The summed E-state index contributed by atoms with van der Waals surface area (Å²) in [6, 6.07) is 12.2. The molecular formula is C13H13ClN2O3. The molecule has 6 heteroatoms. The summed E-state index contributed by atoms with van der Waals surface area (Å²) >= 11 is 0. The van der Waals surface area contributed by atoms with Gasteiger partial charge in [-0.1, -0.05) is 6.07 Å². The average molecular weight is 281 g/mol. The lowest BCUT2D eigenvalue weighted by Crippen LogP contribution is -3.00. The Kier molecular flexibility index (Phi) is 5.92. The molecule has 0 aliphatic carbocycles. The van der Waals surface area contributed by atoms with E-state index in [2.05, 4.69) is 0 Å². The Morgan fingerprint density at radius 2 is 1.74 bits per heavy atom. The smallest absolute Gasteiger partial charge is 0.269 e. The van der Waals surface area contributed by atoms with Crippen LogP contribution in [-0.2, 0) is 18.1 Å². The van der Waals surface area contributed by atoms with Crippen LogP contribution in [0.2, 0.25) is 0 Å². The zero-order valence-electron chi connectivity index (χ0n) is 10.1. The van der Waals surface area contributed by atoms with Gasteiger partial charge in [0.1, 0.15) is 0 Å². The van der Waals surface area contributed by atoms with Crippen LogP contribution in [0.4, 0.5) is 5.69 Å². The van der Waals surface area contributed by atoms with E-state index in [1.165, 1.54) is 12.1 Å².